The third-order valence-corrected chi connectivity index (χ3v) is 5.93. The number of carbonyl (C=O) groups is 2. The van der Waals surface area contributed by atoms with Crippen LogP contribution in [0.15, 0.2) is 54.6 Å². The quantitative estimate of drug-likeness (QED) is 0.526. The summed E-state index contributed by atoms with van der Waals surface area (Å²) in [6.45, 7) is 8.86. The fourth-order valence-corrected chi connectivity index (χ4v) is 4.05. The van der Waals surface area contributed by atoms with Gasteiger partial charge >= 0.3 is 0 Å². The number of hydrogen-bond donors (Lipinski definition) is 3. The van der Waals surface area contributed by atoms with Crippen molar-refractivity contribution in [2.45, 2.75) is 26.3 Å². The molecule has 0 spiro atoms. The van der Waals surface area contributed by atoms with Crippen molar-refractivity contribution in [3.63, 3.8) is 0 Å². The lowest BCUT2D eigenvalue weighted by molar-refractivity contribution is -0.896. The Morgan fingerprint density at radius 2 is 1.68 bits per heavy atom. The van der Waals surface area contributed by atoms with Gasteiger partial charge in [-0.05, 0) is 13.3 Å². The molecule has 3 rings (SSSR count). The van der Waals surface area contributed by atoms with Gasteiger partial charge < -0.3 is 20.4 Å². The number of aryl methyl sites for hydroxylation is 1. The van der Waals surface area contributed by atoms with Crippen molar-refractivity contribution < 1.29 is 19.8 Å². The van der Waals surface area contributed by atoms with Crippen molar-refractivity contribution in [2.75, 3.05) is 45.8 Å². The van der Waals surface area contributed by atoms with Crippen LogP contribution < -0.4 is 15.5 Å². The van der Waals surface area contributed by atoms with Gasteiger partial charge in [-0.15, -0.1) is 0 Å². The van der Waals surface area contributed by atoms with E-state index in [0.717, 1.165) is 26.1 Å². The van der Waals surface area contributed by atoms with Gasteiger partial charge in [0.05, 0.1) is 26.2 Å². The number of benzene rings is 2. The summed E-state index contributed by atoms with van der Waals surface area (Å²) < 4.78 is 0. The van der Waals surface area contributed by atoms with Gasteiger partial charge in [-0.2, -0.15) is 0 Å². The number of nitrogens with two attached hydrogens (primary N) is 1. The van der Waals surface area contributed by atoms with Gasteiger partial charge in [-0.25, -0.2) is 0 Å². The van der Waals surface area contributed by atoms with Crippen LogP contribution in [0.5, 0.6) is 0 Å². The third kappa shape index (κ3) is 6.91. The van der Waals surface area contributed by atoms with E-state index in [4.69, 9.17) is 0 Å². The van der Waals surface area contributed by atoms with E-state index in [0.29, 0.717) is 26.2 Å². The Bertz CT molecular complexity index is 830. The average molecular weight is 425 g/mol. The molecule has 166 valence electrons. The predicted octanol–water partition coefficient (Wildman–Crippen LogP) is -0.0989. The molecule has 0 saturated carbocycles. The van der Waals surface area contributed by atoms with E-state index in [-0.39, 0.29) is 17.9 Å². The number of piperazine rings is 1. The first-order valence-corrected chi connectivity index (χ1v) is 11.4. The number of hydrogen-bond acceptors (Lipinski definition) is 2. The summed E-state index contributed by atoms with van der Waals surface area (Å²) in [4.78, 5) is 28.0. The molecule has 4 N–H and O–H groups in total. The standard InChI is InChI=1S/C25H34N4O2/c1-3-13-26-23(30)19-28-14-16-29(17-15-28)24(31)18-27-25(21-7-5-4-6-8-21)22-11-9-20(2)10-12-22/h4-12,25,27H,3,13-19H2,1-2H3,(H,26,30)/p+2/t25-/m1/s1. The van der Waals surface area contributed by atoms with Crippen LogP contribution in [0.4, 0.5) is 0 Å². The van der Waals surface area contributed by atoms with Crippen LogP contribution in [-0.2, 0) is 9.59 Å². The minimum Gasteiger partial charge on any atom is -0.351 e. The zero-order valence-corrected chi connectivity index (χ0v) is 18.8. The number of nitrogens with one attached hydrogen (secondary N) is 2. The molecule has 31 heavy (non-hydrogen) atoms. The van der Waals surface area contributed by atoms with E-state index in [1.54, 1.807) is 0 Å². The highest BCUT2D eigenvalue weighted by atomic mass is 16.2. The molecule has 1 saturated heterocycles. The molecule has 1 aliphatic heterocycles. The maximum atomic E-state index is 12.9. The minimum atomic E-state index is 0.0972. The van der Waals surface area contributed by atoms with Gasteiger partial charge in [0.2, 0.25) is 0 Å². The summed E-state index contributed by atoms with van der Waals surface area (Å²) in [5.74, 6) is 0.274. The highest BCUT2D eigenvalue weighted by Gasteiger charge is 2.27. The lowest BCUT2D eigenvalue weighted by Crippen LogP contribution is -3.16. The Kier molecular flexibility index (Phi) is 8.62. The number of carbonyl (C=O) groups excluding carboxylic acids is 2. The highest BCUT2D eigenvalue weighted by Crippen LogP contribution is 2.18. The van der Waals surface area contributed by atoms with Crippen LogP contribution in [0.3, 0.4) is 0 Å². The van der Waals surface area contributed by atoms with Crippen molar-refractivity contribution in [2.24, 2.45) is 0 Å². The first-order valence-electron chi connectivity index (χ1n) is 11.4. The van der Waals surface area contributed by atoms with Gasteiger partial charge in [0, 0.05) is 17.7 Å². The van der Waals surface area contributed by atoms with Gasteiger partial charge in [-0.3, -0.25) is 9.59 Å². The van der Waals surface area contributed by atoms with Crippen molar-refractivity contribution in [1.82, 2.24) is 10.2 Å². The van der Waals surface area contributed by atoms with Crippen molar-refractivity contribution in [3.05, 3.63) is 71.3 Å². The fraction of sp³-hybridized carbons (Fsp3) is 0.440. The number of amides is 2. The molecular formula is C25H36N4O2+2. The summed E-state index contributed by atoms with van der Waals surface area (Å²) in [6.07, 6.45) is 0.951. The van der Waals surface area contributed by atoms with E-state index in [1.807, 2.05) is 23.1 Å². The predicted molar refractivity (Wildman–Crippen MR) is 122 cm³/mol. The minimum absolute atomic E-state index is 0.0972. The molecule has 6 nitrogen and oxygen atoms in total. The summed E-state index contributed by atoms with van der Waals surface area (Å²) >= 11 is 0. The van der Waals surface area contributed by atoms with Crippen LogP contribution in [0.25, 0.3) is 0 Å². The molecule has 0 radical (unpaired) electrons. The first kappa shape index (κ1) is 23.0. The fourth-order valence-electron chi connectivity index (χ4n) is 4.05. The number of nitrogens with zero attached hydrogens (tertiary/aromatic N) is 1. The van der Waals surface area contributed by atoms with Gasteiger partial charge in [0.25, 0.3) is 11.8 Å². The van der Waals surface area contributed by atoms with Crippen LogP contribution >= 0.6 is 0 Å². The molecular weight excluding hydrogens is 388 g/mol. The summed E-state index contributed by atoms with van der Waals surface area (Å²) in [7, 11) is 0. The molecule has 1 fully saturated rings. The molecule has 6 heteroatoms. The Morgan fingerprint density at radius 1 is 1.03 bits per heavy atom. The summed E-state index contributed by atoms with van der Waals surface area (Å²) in [6, 6.07) is 19.0. The molecule has 0 aliphatic carbocycles. The normalized spacial score (nSPS) is 15.5. The van der Waals surface area contributed by atoms with E-state index in [9.17, 15) is 9.59 Å². The van der Waals surface area contributed by atoms with Crippen molar-refractivity contribution in [3.8, 4) is 0 Å². The largest absolute Gasteiger partial charge is 0.351 e. The molecule has 0 aromatic heterocycles. The Morgan fingerprint density at radius 3 is 2.32 bits per heavy atom. The van der Waals surface area contributed by atoms with E-state index in [2.05, 4.69) is 60.9 Å². The van der Waals surface area contributed by atoms with Crippen molar-refractivity contribution >= 4 is 11.8 Å². The van der Waals surface area contributed by atoms with Gasteiger partial charge in [-0.1, -0.05) is 67.1 Å². The lowest BCUT2D eigenvalue weighted by Gasteiger charge is -2.31. The molecule has 1 atom stereocenters. The second-order valence-electron chi connectivity index (χ2n) is 8.40. The molecule has 1 aliphatic rings. The topological polar surface area (TPSA) is 70.5 Å². The molecule has 2 aromatic carbocycles. The summed E-state index contributed by atoms with van der Waals surface area (Å²) in [5.41, 5.74) is 3.64. The van der Waals surface area contributed by atoms with E-state index >= 15 is 0 Å². The maximum absolute atomic E-state index is 12.9. The summed E-state index contributed by atoms with van der Waals surface area (Å²) in [5, 5.41) is 5.07. The molecule has 2 aromatic rings. The van der Waals surface area contributed by atoms with Crippen LogP contribution in [0, 0.1) is 6.92 Å². The first-order chi connectivity index (χ1) is 15.1. The van der Waals surface area contributed by atoms with E-state index in [1.165, 1.54) is 21.6 Å². The number of quaternary nitrogens is 2. The molecule has 1 heterocycles. The molecule has 0 unspecified atom stereocenters. The molecule has 2 amide bonds. The SMILES string of the molecule is CCCNC(=O)C[NH+]1CCN(C(=O)C[NH2+][C@H](c2ccccc2)c2ccc(C)cc2)CC1. The smallest absolute Gasteiger partial charge is 0.278 e. The second-order valence-corrected chi connectivity index (χ2v) is 8.40. The van der Waals surface area contributed by atoms with Crippen LogP contribution in [-0.4, -0.2) is 62.5 Å². The lowest BCUT2D eigenvalue weighted by atomic mass is 9.98. The van der Waals surface area contributed by atoms with Gasteiger partial charge in [0.1, 0.15) is 6.04 Å². The second kappa shape index (κ2) is 11.6. The monoisotopic (exact) mass is 424 g/mol. The van der Waals surface area contributed by atoms with Gasteiger partial charge in [0.15, 0.2) is 13.1 Å². The van der Waals surface area contributed by atoms with Crippen LogP contribution in [0.1, 0.15) is 36.1 Å². The Balaban J connectivity index is 1.53. The number of rotatable bonds is 9. The average Bonchev–Trinajstić information content (AvgIpc) is 2.80. The third-order valence-electron chi connectivity index (χ3n) is 5.93. The zero-order valence-electron chi connectivity index (χ0n) is 18.8. The highest BCUT2D eigenvalue weighted by molar-refractivity contribution is 5.77. The van der Waals surface area contributed by atoms with Crippen LogP contribution in [0.2, 0.25) is 0 Å². The Hall–Kier alpha value is -2.70. The maximum Gasteiger partial charge on any atom is 0.278 e. The van der Waals surface area contributed by atoms with E-state index < -0.39 is 0 Å². The zero-order chi connectivity index (χ0) is 22.1. The molecule has 0 bridgehead atoms. The van der Waals surface area contributed by atoms with Crippen molar-refractivity contribution in [1.29, 1.82) is 0 Å². The Labute approximate surface area is 185 Å².